The van der Waals surface area contributed by atoms with Crippen molar-refractivity contribution in [3.63, 3.8) is 0 Å². The van der Waals surface area contributed by atoms with Gasteiger partial charge < -0.3 is 24.2 Å². The summed E-state index contributed by atoms with van der Waals surface area (Å²) >= 11 is 0. The van der Waals surface area contributed by atoms with Crippen LogP contribution in [0.4, 0.5) is 0 Å². The highest BCUT2D eigenvalue weighted by atomic mass is 16.5. The lowest BCUT2D eigenvalue weighted by molar-refractivity contribution is -0.140. The van der Waals surface area contributed by atoms with Crippen LogP contribution in [0.5, 0.6) is 11.5 Å². The van der Waals surface area contributed by atoms with Crippen LogP contribution in [0, 0.1) is 0 Å². The normalized spacial score (nSPS) is 17.4. The summed E-state index contributed by atoms with van der Waals surface area (Å²) in [6, 6.07) is 13.1. The lowest BCUT2D eigenvalue weighted by Gasteiger charge is -2.25. The van der Waals surface area contributed by atoms with Gasteiger partial charge in [-0.05, 0) is 36.8 Å². The second kappa shape index (κ2) is 10.6. The van der Waals surface area contributed by atoms with Crippen molar-refractivity contribution in [3.8, 4) is 11.5 Å². The van der Waals surface area contributed by atoms with Crippen molar-refractivity contribution in [2.45, 2.75) is 13.0 Å². The number of likely N-dealkylation sites (tertiary alicyclic amines) is 1. The second-order valence-corrected chi connectivity index (χ2v) is 7.11. The lowest BCUT2D eigenvalue weighted by Crippen LogP contribution is -2.32. The van der Waals surface area contributed by atoms with E-state index in [4.69, 9.17) is 14.2 Å². The third-order valence-electron chi connectivity index (χ3n) is 5.06. The molecule has 0 saturated carbocycles. The number of carbonyl (C=O) groups is 2. The minimum Gasteiger partial charge on any atom is -0.507 e. The summed E-state index contributed by atoms with van der Waals surface area (Å²) in [4.78, 5) is 27.2. The molecule has 2 aromatic rings. The zero-order valence-corrected chi connectivity index (χ0v) is 18.2. The Labute approximate surface area is 187 Å². The number of rotatable bonds is 10. The zero-order valence-electron chi connectivity index (χ0n) is 18.2. The first kappa shape index (κ1) is 23.1. The molecule has 168 valence electrons. The third-order valence-corrected chi connectivity index (χ3v) is 5.06. The van der Waals surface area contributed by atoms with Crippen molar-refractivity contribution in [3.05, 3.63) is 77.9 Å². The molecule has 1 N–H and O–H groups in total. The lowest BCUT2D eigenvalue weighted by atomic mass is 9.95. The molecule has 0 bridgehead atoms. The Bertz CT molecular complexity index is 1010. The van der Waals surface area contributed by atoms with Crippen molar-refractivity contribution in [2.75, 3.05) is 33.5 Å². The van der Waals surface area contributed by atoms with Crippen LogP contribution >= 0.6 is 0 Å². The number of ether oxygens (including phenoxy) is 3. The van der Waals surface area contributed by atoms with Crippen LogP contribution in [0.2, 0.25) is 0 Å². The van der Waals surface area contributed by atoms with E-state index in [9.17, 15) is 14.7 Å². The summed E-state index contributed by atoms with van der Waals surface area (Å²) in [5.41, 5.74) is 1.10. The fraction of sp³-hybridized carbons (Fsp3) is 0.280. The van der Waals surface area contributed by atoms with Crippen molar-refractivity contribution >= 4 is 17.4 Å². The maximum atomic E-state index is 13.0. The molecule has 0 spiro atoms. The molecule has 1 unspecified atom stereocenters. The van der Waals surface area contributed by atoms with E-state index in [1.165, 1.54) is 12.0 Å². The monoisotopic (exact) mass is 437 g/mol. The Kier molecular flexibility index (Phi) is 7.68. The van der Waals surface area contributed by atoms with E-state index in [2.05, 4.69) is 6.58 Å². The molecule has 1 atom stereocenters. The summed E-state index contributed by atoms with van der Waals surface area (Å²) < 4.78 is 16.2. The van der Waals surface area contributed by atoms with Crippen LogP contribution in [-0.2, 0) is 14.3 Å². The summed E-state index contributed by atoms with van der Waals surface area (Å²) in [7, 11) is 1.52. The van der Waals surface area contributed by atoms with Crippen molar-refractivity contribution in [2.24, 2.45) is 0 Å². The van der Waals surface area contributed by atoms with Gasteiger partial charge in [0, 0.05) is 19.2 Å². The van der Waals surface area contributed by atoms with Gasteiger partial charge in [0.25, 0.3) is 11.7 Å². The Morgan fingerprint density at radius 3 is 2.53 bits per heavy atom. The number of amides is 1. The van der Waals surface area contributed by atoms with Gasteiger partial charge in [-0.1, -0.05) is 36.9 Å². The van der Waals surface area contributed by atoms with Crippen LogP contribution in [0.25, 0.3) is 5.76 Å². The summed E-state index contributed by atoms with van der Waals surface area (Å²) in [5, 5.41) is 11.1. The van der Waals surface area contributed by atoms with Crippen molar-refractivity contribution < 1.29 is 28.9 Å². The highest BCUT2D eigenvalue weighted by molar-refractivity contribution is 6.46. The number of Topliss-reactive ketones (excluding diaryl/α,β-unsaturated/α-hetero) is 1. The van der Waals surface area contributed by atoms with E-state index in [1.54, 1.807) is 54.6 Å². The van der Waals surface area contributed by atoms with E-state index in [1.807, 2.05) is 6.92 Å². The average molecular weight is 437 g/mol. The third kappa shape index (κ3) is 4.84. The van der Waals surface area contributed by atoms with Crippen LogP contribution in [0.1, 0.15) is 24.1 Å². The molecule has 1 saturated heterocycles. The van der Waals surface area contributed by atoms with Crippen LogP contribution in [0.3, 0.4) is 0 Å². The maximum Gasteiger partial charge on any atom is 0.295 e. The quantitative estimate of drug-likeness (QED) is 0.264. The second-order valence-electron chi connectivity index (χ2n) is 7.11. The minimum atomic E-state index is -0.755. The van der Waals surface area contributed by atoms with Gasteiger partial charge >= 0.3 is 0 Å². The highest BCUT2D eigenvalue weighted by Gasteiger charge is 2.45. The standard InChI is InChI=1S/C25H27NO6/c1-4-14-32-19-11-9-17(10-12-19)22-21(24(28)25(29)26(22)13-15-30-3)23(27)18-7-6-8-20(16-18)31-5-2/h4,6-12,16,22,27H,1,5,13-15H2,2-3H3. The number of benzene rings is 2. The first-order valence-corrected chi connectivity index (χ1v) is 10.4. The molecular weight excluding hydrogens is 410 g/mol. The van der Waals surface area contributed by atoms with Crippen molar-refractivity contribution in [1.82, 2.24) is 4.90 Å². The molecule has 1 fully saturated rings. The highest BCUT2D eigenvalue weighted by Crippen LogP contribution is 2.40. The molecule has 3 rings (SSSR count). The van der Waals surface area contributed by atoms with Crippen LogP contribution in [0.15, 0.2) is 66.8 Å². The van der Waals surface area contributed by atoms with Gasteiger partial charge in [-0.2, -0.15) is 0 Å². The molecule has 0 aliphatic carbocycles. The molecule has 32 heavy (non-hydrogen) atoms. The molecule has 1 aliphatic rings. The SMILES string of the molecule is C=CCOc1ccc(C2C(=C(O)c3cccc(OCC)c3)C(=O)C(=O)N2CCOC)cc1. The zero-order chi connectivity index (χ0) is 23.1. The molecule has 0 radical (unpaired) electrons. The summed E-state index contributed by atoms with van der Waals surface area (Å²) in [6.07, 6.45) is 1.64. The molecule has 1 aliphatic heterocycles. The predicted molar refractivity (Wildman–Crippen MR) is 121 cm³/mol. The summed E-state index contributed by atoms with van der Waals surface area (Å²) in [5.74, 6) is -0.474. The van der Waals surface area contributed by atoms with Crippen LogP contribution in [-0.4, -0.2) is 55.2 Å². The fourth-order valence-corrected chi connectivity index (χ4v) is 3.60. The predicted octanol–water partition coefficient (Wildman–Crippen LogP) is 3.72. The molecule has 2 aromatic carbocycles. The number of ketones is 1. The molecule has 0 aromatic heterocycles. The smallest absolute Gasteiger partial charge is 0.295 e. The Morgan fingerprint density at radius 1 is 1.12 bits per heavy atom. The van der Waals surface area contributed by atoms with Gasteiger partial charge in [0.2, 0.25) is 0 Å². The van der Waals surface area contributed by atoms with E-state index < -0.39 is 17.7 Å². The first-order chi connectivity index (χ1) is 15.5. The maximum absolute atomic E-state index is 13.0. The largest absolute Gasteiger partial charge is 0.507 e. The summed E-state index contributed by atoms with van der Waals surface area (Å²) in [6.45, 7) is 6.77. The number of nitrogens with zero attached hydrogens (tertiary/aromatic N) is 1. The fourth-order valence-electron chi connectivity index (χ4n) is 3.60. The van der Waals surface area contributed by atoms with Gasteiger partial charge in [0.1, 0.15) is 23.9 Å². The number of aliphatic hydroxyl groups is 1. The van der Waals surface area contributed by atoms with E-state index in [-0.39, 0.29) is 24.5 Å². The number of hydrogen-bond acceptors (Lipinski definition) is 6. The van der Waals surface area contributed by atoms with E-state index >= 15 is 0 Å². The average Bonchev–Trinajstić information content (AvgIpc) is 3.06. The minimum absolute atomic E-state index is 0.0273. The van der Waals surface area contributed by atoms with Gasteiger partial charge in [-0.25, -0.2) is 0 Å². The number of carbonyl (C=O) groups excluding carboxylic acids is 2. The van der Waals surface area contributed by atoms with E-state index in [0.717, 1.165) is 0 Å². The van der Waals surface area contributed by atoms with Gasteiger partial charge in [-0.15, -0.1) is 0 Å². The topological polar surface area (TPSA) is 85.3 Å². The number of aliphatic hydroxyl groups excluding tert-OH is 1. The van der Waals surface area contributed by atoms with E-state index in [0.29, 0.717) is 35.8 Å². The molecular formula is C25H27NO6. The van der Waals surface area contributed by atoms with Gasteiger partial charge in [0.15, 0.2) is 0 Å². The first-order valence-electron chi connectivity index (χ1n) is 10.4. The molecule has 1 amide bonds. The van der Waals surface area contributed by atoms with Gasteiger partial charge in [-0.3, -0.25) is 9.59 Å². The van der Waals surface area contributed by atoms with Crippen LogP contribution < -0.4 is 9.47 Å². The molecule has 1 heterocycles. The van der Waals surface area contributed by atoms with Gasteiger partial charge in [0.05, 0.1) is 24.8 Å². The van der Waals surface area contributed by atoms with Crippen molar-refractivity contribution in [1.29, 1.82) is 0 Å². The number of methoxy groups -OCH3 is 1. The number of hydrogen-bond donors (Lipinski definition) is 1. The molecule has 7 heteroatoms. The molecule has 7 nitrogen and oxygen atoms in total. The Morgan fingerprint density at radius 2 is 1.88 bits per heavy atom. The Hall–Kier alpha value is -3.58. The Balaban J connectivity index is 2.08.